The van der Waals surface area contributed by atoms with Crippen molar-refractivity contribution in [3.63, 3.8) is 0 Å². The Balaban J connectivity index is 2.79. The quantitative estimate of drug-likeness (QED) is 0.818. The van der Waals surface area contributed by atoms with Gasteiger partial charge in [0.25, 0.3) is 0 Å². The molecule has 1 aromatic heterocycles. The molecule has 0 aliphatic carbocycles. The lowest BCUT2D eigenvalue weighted by molar-refractivity contribution is -0.127. The molecule has 0 saturated heterocycles. The predicted molar refractivity (Wildman–Crippen MR) is 72.9 cm³/mol. The third-order valence-corrected chi connectivity index (χ3v) is 2.80. The average molecular weight is 251 g/mol. The molecule has 18 heavy (non-hydrogen) atoms. The molecule has 0 saturated carbocycles. The van der Waals surface area contributed by atoms with E-state index >= 15 is 0 Å². The van der Waals surface area contributed by atoms with Crippen molar-refractivity contribution in [3.8, 4) is 0 Å². The Labute approximate surface area is 108 Å². The highest BCUT2D eigenvalue weighted by Crippen LogP contribution is 2.18. The van der Waals surface area contributed by atoms with Gasteiger partial charge in [0.2, 0.25) is 5.91 Å². The molecule has 1 heterocycles. The van der Waals surface area contributed by atoms with Crippen LogP contribution in [0, 0.1) is 13.8 Å². The second kappa shape index (κ2) is 6.18. The summed E-state index contributed by atoms with van der Waals surface area (Å²) in [7, 11) is 3.59. The first-order valence-electron chi connectivity index (χ1n) is 6.00. The van der Waals surface area contributed by atoms with Gasteiger partial charge in [-0.15, -0.1) is 0 Å². The lowest BCUT2D eigenvalue weighted by Gasteiger charge is -2.16. The maximum atomic E-state index is 11.7. The van der Waals surface area contributed by atoms with E-state index in [1.165, 1.54) is 0 Å². The highest BCUT2D eigenvalue weighted by atomic mass is 16.2. The maximum Gasteiger partial charge on any atom is 0.241 e. The molecule has 1 amide bonds. The number of carbonyl (C=O) groups excluding carboxylic acids is 1. The Morgan fingerprint density at radius 2 is 1.89 bits per heavy atom. The van der Waals surface area contributed by atoms with Crippen LogP contribution in [-0.4, -0.2) is 48.0 Å². The van der Waals surface area contributed by atoms with E-state index in [1.807, 2.05) is 27.8 Å². The molecule has 0 aliphatic rings. The summed E-state index contributed by atoms with van der Waals surface area (Å²) in [6.45, 7) is 6.62. The monoisotopic (exact) mass is 251 g/mol. The summed E-state index contributed by atoms with van der Waals surface area (Å²) in [5, 5.41) is 6.07. The molecule has 0 spiro atoms. The zero-order valence-electron chi connectivity index (χ0n) is 11.7. The van der Waals surface area contributed by atoms with E-state index in [4.69, 9.17) is 0 Å². The van der Waals surface area contributed by atoms with Crippen molar-refractivity contribution in [2.45, 2.75) is 20.8 Å². The first-order chi connectivity index (χ1) is 8.49. The zero-order chi connectivity index (χ0) is 13.7. The molecule has 0 bridgehead atoms. The van der Waals surface area contributed by atoms with Gasteiger partial charge in [-0.05, 0) is 20.8 Å². The molecule has 0 aliphatic heterocycles. The molecule has 6 nitrogen and oxygen atoms in total. The number of hydrogen-bond donors (Lipinski definition) is 2. The van der Waals surface area contributed by atoms with Gasteiger partial charge in [-0.2, -0.15) is 0 Å². The van der Waals surface area contributed by atoms with Crippen molar-refractivity contribution in [1.82, 2.24) is 14.9 Å². The smallest absolute Gasteiger partial charge is 0.241 e. The third-order valence-electron chi connectivity index (χ3n) is 2.80. The first-order valence-corrected chi connectivity index (χ1v) is 6.00. The number of anilines is 2. The van der Waals surface area contributed by atoms with E-state index in [1.54, 1.807) is 11.9 Å². The van der Waals surface area contributed by atoms with Crippen LogP contribution in [0.1, 0.15) is 18.3 Å². The topological polar surface area (TPSA) is 70.2 Å². The van der Waals surface area contributed by atoms with E-state index in [-0.39, 0.29) is 12.5 Å². The average Bonchev–Trinajstić information content (AvgIpc) is 2.37. The Kier molecular flexibility index (Phi) is 4.88. The second-order valence-electron chi connectivity index (χ2n) is 4.10. The van der Waals surface area contributed by atoms with Gasteiger partial charge in [0, 0.05) is 26.2 Å². The summed E-state index contributed by atoms with van der Waals surface area (Å²) in [6.07, 6.45) is 0. The number of likely N-dealkylation sites (N-methyl/N-ethyl adjacent to an activating group) is 1. The van der Waals surface area contributed by atoms with Crippen LogP contribution in [0.2, 0.25) is 0 Å². The van der Waals surface area contributed by atoms with Gasteiger partial charge in [-0.1, -0.05) is 0 Å². The standard InChI is InChI=1S/C12H21N5O/c1-6-17(5)10(18)7-14-12-8(2)11(13-4)15-9(3)16-12/h6-7H2,1-5H3,(H2,13,14,15,16). The summed E-state index contributed by atoms with van der Waals surface area (Å²) >= 11 is 0. The van der Waals surface area contributed by atoms with Crippen LogP contribution in [-0.2, 0) is 4.79 Å². The molecular formula is C12H21N5O. The van der Waals surface area contributed by atoms with Crippen LogP contribution in [0.4, 0.5) is 11.6 Å². The highest BCUT2D eigenvalue weighted by Gasteiger charge is 2.10. The maximum absolute atomic E-state index is 11.7. The number of carbonyl (C=O) groups is 1. The summed E-state index contributed by atoms with van der Waals surface area (Å²) in [6, 6.07) is 0. The van der Waals surface area contributed by atoms with Gasteiger partial charge in [-0.25, -0.2) is 9.97 Å². The molecule has 100 valence electrons. The number of amides is 1. The van der Waals surface area contributed by atoms with Crippen LogP contribution >= 0.6 is 0 Å². The fraction of sp³-hybridized carbons (Fsp3) is 0.583. The van der Waals surface area contributed by atoms with Crippen molar-refractivity contribution in [2.75, 3.05) is 37.8 Å². The van der Waals surface area contributed by atoms with Gasteiger partial charge in [0.15, 0.2) is 0 Å². The normalized spacial score (nSPS) is 10.1. The predicted octanol–water partition coefficient (Wildman–Crippen LogP) is 1.03. The Morgan fingerprint density at radius 1 is 1.28 bits per heavy atom. The molecule has 1 aromatic rings. The molecule has 0 fully saturated rings. The fourth-order valence-electron chi connectivity index (χ4n) is 1.51. The van der Waals surface area contributed by atoms with Crippen LogP contribution in [0.15, 0.2) is 0 Å². The minimum Gasteiger partial charge on any atom is -0.373 e. The first kappa shape index (κ1) is 14.2. The third kappa shape index (κ3) is 3.32. The lowest BCUT2D eigenvalue weighted by Crippen LogP contribution is -2.32. The number of aromatic nitrogens is 2. The summed E-state index contributed by atoms with van der Waals surface area (Å²) < 4.78 is 0. The van der Waals surface area contributed by atoms with Gasteiger partial charge in [0.1, 0.15) is 17.5 Å². The van der Waals surface area contributed by atoms with Gasteiger partial charge in [-0.3, -0.25) is 4.79 Å². The molecule has 0 radical (unpaired) electrons. The van der Waals surface area contributed by atoms with E-state index in [9.17, 15) is 4.79 Å². The Bertz CT molecular complexity index is 433. The van der Waals surface area contributed by atoms with Crippen LogP contribution in [0.25, 0.3) is 0 Å². The lowest BCUT2D eigenvalue weighted by atomic mass is 10.3. The van der Waals surface area contributed by atoms with Gasteiger partial charge in [0.05, 0.1) is 6.54 Å². The summed E-state index contributed by atoms with van der Waals surface area (Å²) in [5.41, 5.74) is 0.912. The molecule has 0 atom stereocenters. The van der Waals surface area contributed by atoms with E-state index in [0.717, 1.165) is 11.4 Å². The van der Waals surface area contributed by atoms with E-state index < -0.39 is 0 Å². The molecule has 1 rings (SSSR count). The molecular weight excluding hydrogens is 230 g/mol. The van der Waals surface area contributed by atoms with Gasteiger partial charge < -0.3 is 15.5 Å². The number of nitrogens with one attached hydrogen (secondary N) is 2. The fourth-order valence-corrected chi connectivity index (χ4v) is 1.51. The minimum absolute atomic E-state index is 0.0409. The molecule has 0 unspecified atom stereocenters. The molecule has 2 N–H and O–H groups in total. The largest absolute Gasteiger partial charge is 0.373 e. The molecule has 0 aromatic carbocycles. The summed E-state index contributed by atoms with van der Waals surface area (Å²) in [5.74, 6) is 2.19. The van der Waals surface area contributed by atoms with E-state index in [2.05, 4.69) is 20.6 Å². The van der Waals surface area contributed by atoms with Crippen molar-refractivity contribution >= 4 is 17.5 Å². The second-order valence-corrected chi connectivity index (χ2v) is 4.10. The van der Waals surface area contributed by atoms with Crippen LogP contribution in [0.3, 0.4) is 0 Å². The Morgan fingerprint density at radius 3 is 2.44 bits per heavy atom. The number of rotatable bonds is 5. The van der Waals surface area contributed by atoms with Crippen molar-refractivity contribution in [1.29, 1.82) is 0 Å². The number of aryl methyl sites for hydroxylation is 1. The van der Waals surface area contributed by atoms with E-state index in [0.29, 0.717) is 18.2 Å². The Hall–Kier alpha value is -1.85. The van der Waals surface area contributed by atoms with Crippen LogP contribution in [0.5, 0.6) is 0 Å². The minimum atomic E-state index is 0.0409. The van der Waals surface area contributed by atoms with Crippen molar-refractivity contribution in [2.24, 2.45) is 0 Å². The van der Waals surface area contributed by atoms with Crippen molar-refractivity contribution in [3.05, 3.63) is 11.4 Å². The van der Waals surface area contributed by atoms with Crippen molar-refractivity contribution < 1.29 is 4.79 Å². The number of hydrogen-bond acceptors (Lipinski definition) is 5. The van der Waals surface area contributed by atoms with Crippen LogP contribution < -0.4 is 10.6 Å². The SMILES string of the molecule is CCN(C)C(=O)CNc1nc(C)nc(NC)c1C. The zero-order valence-corrected chi connectivity index (χ0v) is 11.7. The highest BCUT2D eigenvalue weighted by molar-refractivity contribution is 5.80. The summed E-state index contributed by atoms with van der Waals surface area (Å²) in [4.78, 5) is 21.9. The molecule has 6 heteroatoms. The van der Waals surface area contributed by atoms with Gasteiger partial charge >= 0.3 is 0 Å². The number of nitrogens with zero attached hydrogens (tertiary/aromatic N) is 3.